The molecule has 1 saturated carbocycles. The highest BCUT2D eigenvalue weighted by atomic mass is 16.6. The van der Waals surface area contributed by atoms with Gasteiger partial charge in [-0.3, -0.25) is 4.57 Å². The van der Waals surface area contributed by atoms with Gasteiger partial charge in [-0.15, -0.1) is 0 Å². The smallest absolute Gasteiger partial charge is 0.247 e. The number of hydrazone groups is 1. The molecular formula is C19H29N7O4. The van der Waals surface area contributed by atoms with Gasteiger partial charge in [-0.25, -0.2) is 10.4 Å². The minimum atomic E-state index is -1.25. The molecule has 1 aliphatic heterocycles. The van der Waals surface area contributed by atoms with Gasteiger partial charge in [0.2, 0.25) is 5.95 Å². The third-order valence-corrected chi connectivity index (χ3v) is 5.92. The third-order valence-electron chi connectivity index (χ3n) is 5.92. The van der Waals surface area contributed by atoms with Crippen molar-refractivity contribution in [3.8, 4) is 0 Å². The molecular weight excluding hydrogens is 390 g/mol. The molecule has 1 saturated heterocycles. The van der Waals surface area contributed by atoms with Crippen LogP contribution in [0.3, 0.4) is 0 Å². The van der Waals surface area contributed by atoms with Crippen molar-refractivity contribution in [2.75, 3.05) is 17.8 Å². The summed E-state index contributed by atoms with van der Waals surface area (Å²) in [5.41, 5.74) is 9.47. The van der Waals surface area contributed by atoms with Crippen LogP contribution in [-0.4, -0.2) is 66.0 Å². The average Bonchev–Trinajstić information content (AvgIpc) is 3.30. The fourth-order valence-corrected chi connectivity index (χ4v) is 4.24. The van der Waals surface area contributed by atoms with Crippen molar-refractivity contribution in [2.45, 2.75) is 69.5 Å². The molecule has 2 aromatic heterocycles. The summed E-state index contributed by atoms with van der Waals surface area (Å²) >= 11 is 0. The predicted octanol–water partition coefficient (Wildman–Crippen LogP) is 0.778. The van der Waals surface area contributed by atoms with E-state index in [1.807, 2.05) is 6.21 Å². The lowest BCUT2D eigenvalue weighted by atomic mass is 9.86. The normalized spacial score (nSPS) is 28.0. The van der Waals surface area contributed by atoms with Gasteiger partial charge < -0.3 is 25.8 Å². The van der Waals surface area contributed by atoms with Crippen LogP contribution in [0.1, 0.15) is 51.2 Å². The molecule has 6 N–H and O–H groups in total. The van der Waals surface area contributed by atoms with Crippen molar-refractivity contribution in [1.82, 2.24) is 19.5 Å². The SMILES string of the molecule is Nc1nc(N/N=C/CCC2CCCCC2)nc2c1ncn2[C@@H]1O[C@H](CO)[C@@H](O)[C@H]1O. The van der Waals surface area contributed by atoms with Crippen molar-refractivity contribution in [3.05, 3.63) is 6.33 Å². The van der Waals surface area contributed by atoms with Gasteiger partial charge in [0, 0.05) is 6.21 Å². The van der Waals surface area contributed by atoms with Crippen LogP contribution < -0.4 is 11.2 Å². The zero-order valence-corrected chi connectivity index (χ0v) is 16.8. The fourth-order valence-electron chi connectivity index (χ4n) is 4.24. The third kappa shape index (κ3) is 4.24. The molecule has 2 aromatic rings. The second-order valence-corrected chi connectivity index (χ2v) is 7.99. The van der Waals surface area contributed by atoms with Crippen LogP contribution in [0.5, 0.6) is 0 Å². The van der Waals surface area contributed by atoms with Gasteiger partial charge in [0.05, 0.1) is 12.9 Å². The monoisotopic (exact) mass is 419 g/mol. The molecule has 2 fully saturated rings. The van der Waals surface area contributed by atoms with E-state index in [1.54, 1.807) is 0 Å². The number of aliphatic hydroxyl groups excluding tert-OH is 3. The summed E-state index contributed by atoms with van der Waals surface area (Å²) in [4.78, 5) is 12.7. The maximum atomic E-state index is 10.3. The molecule has 4 rings (SSSR count). The van der Waals surface area contributed by atoms with Gasteiger partial charge in [-0.1, -0.05) is 32.1 Å². The van der Waals surface area contributed by atoms with E-state index in [2.05, 4.69) is 25.5 Å². The van der Waals surface area contributed by atoms with E-state index in [1.165, 1.54) is 43.0 Å². The zero-order valence-electron chi connectivity index (χ0n) is 16.8. The number of nitrogens with zero attached hydrogens (tertiary/aromatic N) is 5. The van der Waals surface area contributed by atoms with Crippen LogP contribution in [0, 0.1) is 5.92 Å². The summed E-state index contributed by atoms with van der Waals surface area (Å²) in [6, 6.07) is 0. The first-order chi connectivity index (χ1) is 14.6. The number of hydrogen-bond acceptors (Lipinski definition) is 10. The van der Waals surface area contributed by atoms with E-state index in [-0.39, 0.29) is 11.8 Å². The standard InChI is InChI=1S/C19H29N7O4/c20-16-13-17(26(10-21-13)18-15(29)14(28)12(9-27)30-18)24-19(23-16)25-22-8-4-7-11-5-2-1-3-6-11/h8,10-12,14-15,18,27-29H,1-7,9H2,(H3,20,23,24,25)/b22-8+/t12-,14-,15-,18-/m1/s1. The Labute approximate surface area is 174 Å². The summed E-state index contributed by atoms with van der Waals surface area (Å²) in [7, 11) is 0. The number of nitrogens with two attached hydrogens (primary N) is 1. The Hall–Kier alpha value is -2.34. The highest BCUT2D eigenvalue weighted by Crippen LogP contribution is 2.32. The largest absolute Gasteiger partial charge is 0.394 e. The molecule has 0 spiro atoms. The lowest BCUT2D eigenvalue weighted by molar-refractivity contribution is -0.0511. The second-order valence-electron chi connectivity index (χ2n) is 7.99. The van der Waals surface area contributed by atoms with Gasteiger partial charge in [-0.05, 0) is 18.8 Å². The summed E-state index contributed by atoms with van der Waals surface area (Å²) < 4.78 is 7.03. The number of aliphatic hydroxyl groups is 3. The van der Waals surface area contributed by atoms with E-state index in [0.29, 0.717) is 11.2 Å². The quantitative estimate of drug-likeness (QED) is 0.322. The van der Waals surface area contributed by atoms with Crippen LogP contribution in [0.15, 0.2) is 11.4 Å². The lowest BCUT2D eigenvalue weighted by Gasteiger charge is -2.20. The van der Waals surface area contributed by atoms with Crippen LogP contribution in [0.2, 0.25) is 0 Å². The molecule has 0 unspecified atom stereocenters. The number of ether oxygens (including phenoxy) is 1. The molecule has 0 radical (unpaired) electrons. The molecule has 164 valence electrons. The lowest BCUT2D eigenvalue weighted by Crippen LogP contribution is -2.33. The molecule has 30 heavy (non-hydrogen) atoms. The van der Waals surface area contributed by atoms with E-state index in [4.69, 9.17) is 10.5 Å². The van der Waals surface area contributed by atoms with Gasteiger partial charge in [0.25, 0.3) is 0 Å². The van der Waals surface area contributed by atoms with Gasteiger partial charge in [-0.2, -0.15) is 15.1 Å². The molecule has 0 bridgehead atoms. The van der Waals surface area contributed by atoms with E-state index in [9.17, 15) is 15.3 Å². The number of fused-ring (bicyclic) bond motifs is 1. The van der Waals surface area contributed by atoms with Crippen molar-refractivity contribution < 1.29 is 20.1 Å². The van der Waals surface area contributed by atoms with Crippen molar-refractivity contribution in [1.29, 1.82) is 0 Å². The van der Waals surface area contributed by atoms with Crippen LogP contribution in [-0.2, 0) is 4.74 Å². The minimum absolute atomic E-state index is 0.158. The first-order valence-electron chi connectivity index (χ1n) is 10.5. The molecule has 4 atom stereocenters. The average molecular weight is 419 g/mol. The molecule has 11 nitrogen and oxygen atoms in total. The van der Waals surface area contributed by atoms with Crippen LogP contribution in [0.25, 0.3) is 11.2 Å². The number of hydrogen-bond donors (Lipinski definition) is 5. The maximum Gasteiger partial charge on any atom is 0.247 e. The van der Waals surface area contributed by atoms with E-state index < -0.39 is 31.1 Å². The number of rotatable bonds is 7. The maximum absolute atomic E-state index is 10.3. The summed E-state index contributed by atoms with van der Waals surface area (Å²) in [5.74, 6) is 1.14. The summed E-state index contributed by atoms with van der Waals surface area (Å²) in [6.45, 7) is -0.416. The highest BCUT2D eigenvalue weighted by Gasteiger charge is 2.44. The predicted molar refractivity (Wildman–Crippen MR) is 111 cm³/mol. The Bertz CT molecular complexity index is 883. The topological polar surface area (TPSA) is 164 Å². The van der Waals surface area contributed by atoms with Crippen LogP contribution >= 0.6 is 0 Å². The van der Waals surface area contributed by atoms with Crippen molar-refractivity contribution >= 4 is 29.1 Å². The number of nitrogen functional groups attached to an aromatic ring is 1. The second kappa shape index (κ2) is 9.21. The number of nitrogens with one attached hydrogen (secondary N) is 1. The van der Waals surface area contributed by atoms with E-state index in [0.717, 1.165) is 18.8 Å². The molecule has 11 heteroatoms. The van der Waals surface area contributed by atoms with Crippen molar-refractivity contribution in [3.63, 3.8) is 0 Å². The molecule has 1 aliphatic carbocycles. The fraction of sp³-hybridized carbons (Fsp3) is 0.684. The molecule has 0 aromatic carbocycles. The van der Waals surface area contributed by atoms with Gasteiger partial charge >= 0.3 is 0 Å². The van der Waals surface area contributed by atoms with Gasteiger partial charge in [0.1, 0.15) is 23.8 Å². The summed E-state index contributed by atoms with van der Waals surface area (Å²) in [6.07, 6.45) is 7.56. The van der Waals surface area contributed by atoms with Gasteiger partial charge in [0.15, 0.2) is 17.7 Å². The van der Waals surface area contributed by atoms with Crippen molar-refractivity contribution in [2.24, 2.45) is 11.0 Å². The first kappa shape index (κ1) is 20.9. The number of anilines is 2. The minimum Gasteiger partial charge on any atom is -0.394 e. The Morgan fingerprint density at radius 3 is 2.77 bits per heavy atom. The Morgan fingerprint density at radius 2 is 2.03 bits per heavy atom. The molecule has 3 heterocycles. The Morgan fingerprint density at radius 1 is 1.23 bits per heavy atom. The molecule has 2 aliphatic rings. The highest BCUT2D eigenvalue weighted by molar-refractivity contribution is 5.83. The number of imidazole rings is 1. The van der Waals surface area contributed by atoms with Crippen LogP contribution in [0.4, 0.5) is 11.8 Å². The Balaban J connectivity index is 1.45. The van der Waals surface area contributed by atoms with E-state index >= 15 is 0 Å². The first-order valence-corrected chi connectivity index (χ1v) is 10.5. The Kier molecular flexibility index (Phi) is 6.42. The number of aromatic nitrogens is 4. The summed E-state index contributed by atoms with van der Waals surface area (Å²) in [5, 5.41) is 33.8. The zero-order chi connectivity index (χ0) is 21.1. The molecule has 0 amide bonds.